The quantitative estimate of drug-likeness (QED) is 0.778. The molecule has 0 amide bonds. The average Bonchev–Trinajstić information content (AvgIpc) is 2.60. The second-order valence-corrected chi connectivity index (χ2v) is 5.13. The fourth-order valence-corrected chi connectivity index (χ4v) is 2.83. The molecule has 0 aromatic carbocycles. The second-order valence-electron chi connectivity index (χ2n) is 4.14. The van der Waals surface area contributed by atoms with Gasteiger partial charge in [0.1, 0.15) is 17.2 Å². The Morgan fingerprint density at radius 3 is 3.00 bits per heavy atom. The van der Waals surface area contributed by atoms with Gasteiger partial charge in [-0.05, 0) is 24.6 Å². The molecular formula is C11H12FN5S. The van der Waals surface area contributed by atoms with Crippen molar-refractivity contribution >= 4 is 11.8 Å². The minimum atomic E-state index is -0.525. The molecule has 5 nitrogen and oxygen atoms in total. The number of nitrogens with zero attached hydrogens (tertiary/aromatic N) is 5. The predicted molar refractivity (Wildman–Crippen MR) is 63.7 cm³/mol. The van der Waals surface area contributed by atoms with Gasteiger partial charge < -0.3 is 4.57 Å². The van der Waals surface area contributed by atoms with Crippen molar-refractivity contribution in [2.75, 3.05) is 0 Å². The van der Waals surface area contributed by atoms with Gasteiger partial charge in [0.2, 0.25) is 5.95 Å². The van der Waals surface area contributed by atoms with Gasteiger partial charge >= 0.3 is 0 Å². The van der Waals surface area contributed by atoms with Crippen LogP contribution in [0.15, 0.2) is 22.6 Å². The zero-order chi connectivity index (χ0) is 12.4. The van der Waals surface area contributed by atoms with Crippen molar-refractivity contribution in [2.45, 2.75) is 42.4 Å². The summed E-state index contributed by atoms with van der Waals surface area (Å²) in [6.45, 7) is 0.929. The lowest BCUT2D eigenvalue weighted by Crippen LogP contribution is -2.02. The Kier molecular flexibility index (Phi) is 3.22. The summed E-state index contributed by atoms with van der Waals surface area (Å²) >= 11 is 1.33. The van der Waals surface area contributed by atoms with Crippen LogP contribution in [-0.4, -0.2) is 24.7 Å². The molecule has 0 radical (unpaired) electrons. The van der Waals surface area contributed by atoms with Crippen LogP contribution < -0.4 is 0 Å². The zero-order valence-corrected chi connectivity index (χ0v) is 10.5. The standard InChI is InChI=1S/C11H12FN5S/c12-8-6-10(14-7-13-8)18-11-16-15-9-4-2-1-3-5-17(9)11/h6-7H,1-5H2. The molecule has 0 fully saturated rings. The molecule has 0 saturated carbocycles. The second kappa shape index (κ2) is 5.01. The van der Waals surface area contributed by atoms with Crippen molar-refractivity contribution in [3.8, 4) is 0 Å². The lowest BCUT2D eigenvalue weighted by Gasteiger charge is -2.05. The number of aromatic nitrogens is 5. The van der Waals surface area contributed by atoms with E-state index in [2.05, 4.69) is 24.7 Å². The summed E-state index contributed by atoms with van der Waals surface area (Å²) in [7, 11) is 0. The van der Waals surface area contributed by atoms with Crippen molar-refractivity contribution in [2.24, 2.45) is 0 Å². The SMILES string of the molecule is Fc1cc(Sc2nnc3n2CCCCC3)ncn1. The van der Waals surface area contributed by atoms with Gasteiger partial charge in [-0.3, -0.25) is 0 Å². The van der Waals surface area contributed by atoms with E-state index in [1.165, 1.54) is 30.6 Å². The predicted octanol–water partition coefficient (Wildman–Crippen LogP) is 2.08. The lowest BCUT2D eigenvalue weighted by atomic mass is 10.2. The lowest BCUT2D eigenvalue weighted by molar-refractivity contribution is 0.571. The first-order valence-electron chi connectivity index (χ1n) is 5.90. The highest BCUT2D eigenvalue weighted by Crippen LogP contribution is 2.26. The largest absolute Gasteiger partial charge is 0.306 e. The Bertz CT molecular complexity index is 556. The van der Waals surface area contributed by atoms with Crippen molar-refractivity contribution in [3.05, 3.63) is 24.2 Å². The first-order valence-corrected chi connectivity index (χ1v) is 6.72. The van der Waals surface area contributed by atoms with E-state index in [0.717, 1.165) is 36.8 Å². The van der Waals surface area contributed by atoms with E-state index in [1.54, 1.807) is 0 Å². The van der Waals surface area contributed by atoms with Crippen molar-refractivity contribution < 1.29 is 4.39 Å². The molecule has 1 aliphatic rings. The molecular weight excluding hydrogens is 253 g/mol. The molecule has 94 valence electrons. The number of rotatable bonds is 2. The molecule has 2 aromatic rings. The molecule has 0 aliphatic carbocycles. The van der Waals surface area contributed by atoms with Gasteiger partial charge in [-0.2, -0.15) is 4.39 Å². The third-order valence-corrected chi connectivity index (χ3v) is 3.80. The van der Waals surface area contributed by atoms with E-state index in [4.69, 9.17) is 0 Å². The number of hydrogen-bond donors (Lipinski definition) is 0. The van der Waals surface area contributed by atoms with E-state index in [1.807, 2.05) is 0 Å². The van der Waals surface area contributed by atoms with Crippen LogP contribution in [0.4, 0.5) is 4.39 Å². The van der Waals surface area contributed by atoms with E-state index in [0.29, 0.717) is 5.03 Å². The Balaban J connectivity index is 1.87. The van der Waals surface area contributed by atoms with Gasteiger partial charge in [0, 0.05) is 19.0 Å². The molecule has 0 saturated heterocycles. The summed E-state index contributed by atoms with van der Waals surface area (Å²) in [4.78, 5) is 7.46. The number of hydrogen-bond acceptors (Lipinski definition) is 5. The average molecular weight is 265 g/mol. The third-order valence-electron chi connectivity index (χ3n) is 2.88. The van der Waals surface area contributed by atoms with Crippen LogP contribution >= 0.6 is 11.8 Å². The molecule has 7 heteroatoms. The third kappa shape index (κ3) is 2.35. The highest BCUT2D eigenvalue weighted by Gasteiger charge is 2.16. The number of fused-ring (bicyclic) bond motifs is 1. The zero-order valence-electron chi connectivity index (χ0n) is 9.71. The van der Waals surface area contributed by atoms with Crippen LogP contribution in [0.25, 0.3) is 0 Å². The number of aryl methyl sites for hydroxylation is 1. The first kappa shape index (κ1) is 11.6. The first-order chi connectivity index (χ1) is 8.83. The fraction of sp³-hybridized carbons (Fsp3) is 0.455. The maximum atomic E-state index is 13.0. The van der Waals surface area contributed by atoms with Gasteiger partial charge in [-0.15, -0.1) is 10.2 Å². The van der Waals surface area contributed by atoms with Crippen LogP contribution in [0.3, 0.4) is 0 Å². The van der Waals surface area contributed by atoms with Gasteiger partial charge in [-0.25, -0.2) is 9.97 Å². The smallest absolute Gasteiger partial charge is 0.217 e. The Hall–Kier alpha value is -1.50. The van der Waals surface area contributed by atoms with E-state index in [9.17, 15) is 4.39 Å². The molecule has 0 unspecified atom stereocenters. The summed E-state index contributed by atoms with van der Waals surface area (Å²) in [5, 5.41) is 9.69. The molecule has 0 atom stereocenters. The van der Waals surface area contributed by atoms with E-state index >= 15 is 0 Å². The Morgan fingerprint density at radius 2 is 2.11 bits per heavy atom. The summed E-state index contributed by atoms with van der Waals surface area (Å²) < 4.78 is 15.1. The summed E-state index contributed by atoms with van der Waals surface area (Å²) in [6, 6.07) is 1.31. The minimum Gasteiger partial charge on any atom is -0.306 e. The van der Waals surface area contributed by atoms with Crippen LogP contribution in [0.2, 0.25) is 0 Å². The summed E-state index contributed by atoms with van der Waals surface area (Å²) in [5.41, 5.74) is 0. The summed E-state index contributed by atoms with van der Waals surface area (Å²) in [6.07, 6.45) is 5.69. The van der Waals surface area contributed by atoms with Crippen LogP contribution in [-0.2, 0) is 13.0 Å². The molecule has 0 bridgehead atoms. The van der Waals surface area contributed by atoms with Crippen LogP contribution in [0, 0.1) is 5.95 Å². The van der Waals surface area contributed by atoms with Crippen molar-refractivity contribution in [3.63, 3.8) is 0 Å². The monoisotopic (exact) mass is 265 g/mol. The topological polar surface area (TPSA) is 56.5 Å². The molecule has 3 rings (SSSR count). The fourth-order valence-electron chi connectivity index (χ4n) is 2.00. The molecule has 0 N–H and O–H groups in total. The van der Waals surface area contributed by atoms with Gasteiger partial charge in [0.05, 0.1) is 0 Å². The Morgan fingerprint density at radius 1 is 1.17 bits per heavy atom. The minimum absolute atomic E-state index is 0.525. The van der Waals surface area contributed by atoms with Gasteiger partial charge in [-0.1, -0.05) is 6.42 Å². The molecule has 2 aromatic heterocycles. The maximum absolute atomic E-state index is 13.0. The summed E-state index contributed by atoms with van der Waals surface area (Å²) in [5.74, 6) is 0.493. The normalized spacial score (nSPS) is 15.2. The van der Waals surface area contributed by atoms with Gasteiger partial charge in [0.15, 0.2) is 5.16 Å². The maximum Gasteiger partial charge on any atom is 0.217 e. The van der Waals surface area contributed by atoms with E-state index < -0.39 is 5.95 Å². The highest BCUT2D eigenvalue weighted by atomic mass is 32.2. The molecule has 3 heterocycles. The van der Waals surface area contributed by atoms with Crippen molar-refractivity contribution in [1.82, 2.24) is 24.7 Å². The van der Waals surface area contributed by atoms with Crippen LogP contribution in [0.1, 0.15) is 25.1 Å². The molecule has 1 aliphatic heterocycles. The Labute approximate surface area is 108 Å². The van der Waals surface area contributed by atoms with Gasteiger partial charge in [0.25, 0.3) is 0 Å². The molecule has 0 spiro atoms. The number of halogens is 1. The van der Waals surface area contributed by atoms with Crippen molar-refractivity contribution in [1.29, 1.82) is 0 Å². The van der Waals surface area contributed by atoms with E-state index in [-0.39, 0.29) is 0 Å². The van der Waals surface area contributed by atoms with Crippen LogP contribution in [0.5, 0.6) is 0 Å². The molecule has 18 heavy (non-hydrogen) atoms. The highest BCUT2D eigenvalue weighted by molar-refractivity contribution is 7.99.